The zero-order chi connectivity index (χ0) is 26.7. The van der Waals surface area contributed by atoms with Gasteiger partial charge in [-0.1, -0.05) is 18.2 Å². The van der Waals surface area contributed by atoms with E-state index in [1.54, 1.807) is 19.1 Å². The second-order valence-electron chi connectivity index (χ2n) is 7.51. The molecule has 14 heteroatoms. The van der Waals surface area contributed by atoms with E-state index in [1.165, 1.54) is 31.2 Å². The van der Waals surface area contributed by atoms with Crippen molar-refractivity contribution in [3.63, 3.8) is 0 Å². The van der Waals surface area contributed by atoms with E-state index in [0.29, 0.717) is 6.29 Å². The number of hydrazone groups is 1. The van der Waals surface area contributed by atoms with Gasteiger partial charge in [0.05, 0.1) is 16.3 Å². The van der Waals surface area contributed by atoms with Gasteiger partial charge in [0.25, 0.3) is 20.2 Å². The summed E-state index contributed by atoms with van der Waals surface area (Å²) in [6.45, 7) is 3.14. The van der Waals surface area contributed by atoms with Gasteiger partial charge < -0.3 is 5.11 Å². The van der Waals surface area contributed by atoms with Gasteiger partial charge in [-0.25, -0.2) is 0 Å². The maximum atomic E-state index is 11.9. The number of nitrogens with one attached hydrogen (secondary N) is 1. The standard InChI is InChI=1S/C22H20N4O8S2/c1-13-7-8-15(12-27)18(9-13)23-25-22(17-5-3-4-6-20(17)36(32,33)34)26-24-19-11-16(35(29,30)31)10-14(2)21(19)28/h3-12,24,28H,1-2H3,(H,29,30,31)(H,32,33,34)/b25-23?,26-22-. The SMILES string of the molecule is Cc1ccc(C=O)c(N=N/C(=N\Nc2cc(S(=O)(=O)O)cc(C)c2O)c2ccccc2S(=O)(=O)O)c1. The first-order valence-electron chi connectivity index (χ1n) is 10.0. The summed E-state index contributed by atoms with van der Waals surface area (Å²) < 4.78 is 66.0. The molecule has 0 amide bonds. The maximum absolute atomic E-state index is 11.9. The van der Waals surface area contributed by atoms with Gasteiger partial charge in [0.15, 0.2) is 6.29 Å². The Morgan fingerprint density at radius 2 is 1.64 bits per heavy atom. The fourth-order valence-corrected chi connectivity index (χ4v) is 4.33. The van der Waals surface area contributed by atoms with Crippen molar-refractivity contribution in [2.24, 2.45) is 15.3 Å². The highest BCUT2D eigenvalue weighted by Gasteiger charge is 2.20. The van der Waals surface area contributed by atoms with Crippen LogP contribution in [0.15, 0.2) is 79.7 Å². The number of hydrogen-bond acceptors (Lipinski definition) is 9. The zero-order valence-corrected chi connectivity index (χ0v) is 20.4. The minimum Gasteiger partial charge on any atom is -0.505 e. The van der Waals surface area contributed by atoms with Crippen LogP contribution in [-0.4, -0.2) is 43.2 Å². The first kappa shape index (κ1) is 26.6. The molecule has 3 aromatic carbocycles. The van der Waals surface area contributed by atoms with Crippen LogP contribution >= 0.6 is 0 Å². The number of carbonyl (C=O) groups excluding carboxylic acids is 1. The lowest BCUT2D eigenvalue weighted by Gasteiger charge is -2.10. The summed E-state index contributed by atoms with van der Waals surface area (Å²) in [6.07, 6.45) is 0.552. The van der Waals surface area contributed by atoms with Crippen molar-refractivity contribution in [3.05, 3.63) is 76.9 Å². The van der Waals surface area contributed by atoms with Crippen LogP contribution in [0.3, 0.4) is 0 Å². The van der Waals surface area contributed by atoms with Crippen LogP contribution in [0.4, 0.5) is 11.4 Å². The van der Waals surface area contributed by atoms with Crippen LogP contribution < -0.4 is 5.43 Å². The molecule has 0 atom stereocenters. The molecule has 0 spiro atoms. The second kappa shape index (κ2) is 10.3. The van der Waals surface area contributed by atoms with Crippen LogP contribution in [0, 0.1) is 13.8 Å². The minimum absolute atomic E-state index is 0.0831. The van der Waals surface area contributed by atoms with Gasteiger partial charge in [-0.2, -0.15) is 21.9 Å². The van der Waals surface area contributed by atoms with Crippen molar-refractivity contribution in [1.29, 1.82) is 0 Å². The van der Waals surface area contributed by atoms with Crippen molar-refractivity contribution in [2.75, 3.05) is 5.43 Å². The lowest BCUT2D eigenvalue weighted by atomic mass is 10.1. The van der Waals surface area contributed by atoms with Crippen molar-refractivity contribution in [1.82, 2.24) is 0 Å². The molecule has 4 N–H and O–H groups in total. The smallest absolute Gasteiger partial charge is 0.295 e. The van der Waals surface area contributed by atoms with Crippen molar-refractivity contribution in [2.45, 2.75) is 23.6 Å². The lowest BCUT2D eigenvalue weighted by molar-refractivity contribution is 0.112. The van der Waals surface area contributed by atoms with E-state index in [-0.39, 0.29) is 28.1 Å². The molecular weight excluding hydrogens is 512 g/mol. The van der Waals surface area contributed by atoms with Gasteiger partial charge in [-0.3, -0.25) is 19.3 Å². The Bertz CT molecular complexity index is 1610. The minimum atomic E-state index is -4.73. The Hall–Kier alpha value is -3.98. The quantitative estimate of drug-likeness (QED) is 0.0664. The molecular formula is C22H20N4O8S2. The van der Waals surface area contributed by atoms with Crippen LogP contribution in [-0.2, 0) is 20.2 Å². The van der Waals surface area contributed by atoms with Gasteiger partial charge in [0.2, 0.25) is 5.84 Å². The zero-order valence-electron chi connectivity index (χ0n) is 18.8. The second-order valence-corrected chi connectivity index (χ2v) is 10.3. The normalized spacial score (nSPS) is 12.6. The Kier molecular flexibility index (Phi) is 7.64. The molecule has 188 valence electrons. The Morgan fingerprint density at radius 3 is 2.28 bits per heavy atom. The average Bonchev–Trinajstić information content (AvgIpc) is 2.80. The molecule has 3 rings (SSSR count). The third-order valence-corrected chi connectivity index (χ3v) is 6.57. The Labute approximate surface area is 206 Å². The van der Waals surface area contributed by atoms with E-state index in [1.807, 2.05) is 0 Å². The molecule has 0 bridgehead atoms. The van der Waals surface area contributed by atoms with Crippen LogP contribution in [0.2, 0.25) is 0 Å². The number of amidine groups is 1. The van der Waals surface area contributed by atoms with Gasteiger partial charge in [-0.05, 0) is 61.4 Å². The number of anilines is 1. The van der Waals surface area contributed by atoms with E-state index < -0.39 is 41.6 Å². The summed E-state index contributed by atoms with van der Waals surface area (Å²) in [4.78, 5) is 10.3. The van der Waals surface area contributed by atoms with E-state index in [9.17, 15) is 35.8 Å². The number of carbonyl (C=O) groups is 1. The third-order valence-electron chi connectivity index (χ3n) is 4.83. The summed E-state index contributed by atoms with van der Waals surface area (Å²) in [6, 6.07) is 11.8. The summed E-state index contributed by atoms with van der Waals surface area (Å²) >= 11 is 0. The number of hydrogen-bond donors (Lipinski definition) is 4. The van der Waals surface area contributed by atoms with Crippen LogP contribution in [0.5, 0.6) is 5.75 Å². The number of phenolic OH excluding ortho intramolecular Hbond substituents is 1. The van der Waals surface area contributed by atoms with Gasteiger partial charge in [0, 0.05) is 11.1 Å². The molecule has 3 aromatic rings. The summed E-state index contributed by atoms with van der Waals surface area (Å²) in [5.74, 6) is -0.816. The fourth-order valence-electron chi connectivity index (χ4n) is 3.05. The van der Waals surface area contributed by atoms with Crippen LogP contribution in [0.1, 0.15) is 27.0 Å². The molecule has 0 heterocycles. The highest BCUT2D eigenvalue weighted by Crippen LogP contribution is 2.31. The molecule has 0 saturated heterocycles. The maximum Gasteiger partial charge on any atom is 0.295 e. The first-order chi connectivity index (χ1) is 16.8. The predicted molar refractivity (Wildman–Crippen MR) is 130 cm³/mol. The molecule has 0 aliphatic heterocycles. The van der Waals surface area contributed by atoms with Crippen LogP contribution in [0.25, 0.3) is 0 Å². The number of aromatic hydroxyl groups is 1. The number of nitrogens with zero attached hydrogens (tertiary/aromatic N) is 3. The Morgan fingerprint density at radius 1 is 0.944 bits per heavy atom. The van der Waals surface area contributed by atoms with Crippen molar-refractivity contribution in [3.8, 4) is 5.75 Å². The van der Waals surface area contributed by atoms with Crippen molar-refractivity contribution >= 4 is 43.7 Å². The topological polar surface area (TPSA) is 195 Å². The van der Waals surface area contributed by atoms with E-state index in [2.05, 4.69) is 20.8 Å². The highest BCUT2D eigenvalue weighted by molar-refractivity contribution is 7.86. The molecule has 0 aliphatic carbocycles. The number of phenols is 1. The molecule has 0 aromatic heterocycles. The predicted octanol–water partition coefficient (Wildman–Crippen LogP) is 3.87. The van der Waals surface area contributed by atoms with E-state index in [4.69, 9.17) is 0 Å². The fraction of sp³-hybridized carbons (Fsp3) is 0.0909. The van der Waals surface area contributed by atoms with Crippen molar-refractivity contribution < 1.29 is 35.8 Å². The number of aryl methyl sites for hydroxylation is 2. The monoisotopic (exact) mass is 532 g/mol. The molecule has 0 unspecified atom stereocenters. The number of rotatable bonds is 7. The summed E-state index contributed by atoms with van der Waals surface area (Å²) in [7, 11) is -9.36. The molecule has 36 heavy (non-hydrogen) atoms. The molecule has 12 nitrogen and oxygen atoms in total. The number of aldehydes is 1. The highest BCUT2D eigenvalue weighted by atomic mass is 32.2. The van der Waals surface area contributed by atoms with E-state index >= 15 is 0 Å². The average molecular weight is 533 g/mol. The lowest BCUT2D eigenvalue weighted by Crippen LogP contribution is -2.09. The summed E-state index contributed by atoms with van der Waals surface area (Å²) in [5.41, 5.74) is 3.10. The molecule has 0 aliphatic rings. The molecule has 0 fully saturated rings. The van der Waals surface area contributed by atoms with Gasteiger partial charge in [-0.15, -0.1) is 10.2 Å². The van der Waals surface area contributed by atoms with Gasteiger partial charge in [0.1, 0.15) is 10.6 Å². The first-order valence-corrected chi connectivity index (χ1v) is 12.9. The summed E-state index contributed by atoms with van der Waals surface area (Å²) in [5, 5.41) is 22.2. The number of azo groups is 1. The Balaban J connectivity index is 2.20. The van der Waals surface area contributed by atoms with E-state index in [0.717, 1.165) is 23.8 Å². The number of benzene rings is 3. The molecule has 0 saturated carbocycles. The van der Waals surface area contributed by atoms with Gasteiger partial charge >= 0.3 is 0 Å². The largest absolute Gasteiger partial charge is 0.505 e. The third kappa shape index (κ3) is 6.17. The molecule has 0 radical (unpaired) electrons.